The summed E-state index contributed by atoms with van der Waals surface area (Å²) in [7, 11) is 0. The van der Waals surface area contributed by atoms with Gasteiger partial charge in [0.1, 0.15) is 0 Å². The Morgan fingerprint density at radius 3 is 0.742 bits per heavy atom. The first-order valence-corrected chi connectivity index (χ1v) is 21.0. The summed E-state index contributed by atoms with van der Waals surface area (Å²) in [6.07, 6.45) is 1.88. The van der Waals surface area contributed by atoms with Gasteiger partial charge in [0.25, 0.3) is 0 Å². The SMILES string of the molecule is C=Cc1ccc(N(c2ccccc2)c2ccc(N(c3ccc(N(c4ccccc4)c4cccc(C)c4)cc3)c3ccc(N(c4ccccc4)c4cccc(C)c4)cc3)cc2)cc1. The van der Waals surface area contributed by atoms with Crippen molar-refractivity contribution in [3.05, 3.63) is 260 Å². The van der Waals surface area contributed by atoms with Crippen LogP contribution < -0.4 is 19.6 Å². The molecule has 0 amide bonds. The molecule has 9 aromatic rings. The average Bonchev–Trinajstić information content (AvgIpc) is 3.32. The van der Waals surface area contributed by atoms with Gasteiger partial charge in [-0.1, -0.05) is 104 Å². The molecule has 0 aliphatic heterocycles. The van der Waals surface area contributed by atoms with Crippen molar-refractivity contribution in [2.75, 3.05) is 19.6 Å². The van der Waals surface area contributed by atoms with Crippen LogP contribution in [0.1, 0.15) is 16.7 Å². The van der Waals surface area contributed by atoms with E-state index in [0.29, 0.717) is 0 Å². The molecule has 0 N–H and O–H groups in total. The van der Waals surface area contributed by atoms with Crippen molar-refractivity contribution in [1.82, 2.24) is 0 Å². The molecule has 9 aromatic carbocycles. The second-order valence-corrected chi connectivity index (χ2v) is 15.4. The molecule has 0 spiro atoms. The number of nitrogens with zero attached hydrogens (tertiary/aromatic N) is 4. The number of hydrogen-bond acceptors (Lipinski definition) is 4. The van der Waals surface area contributed by atoms with Gasteiger partial charge in [-0.15, -0.1) is 0 Å². The summed E-state index contributed by atoms with van der Waals surface area (Å²) in [5.74, 6) is 0. The highest BCUT2D eigenvalue weighted by Gasteiger charge is 2.19. The lowest BCUT2D eigenvalue weighted by Crippen LogP contribution is -2.14. The number of aryl methyl sites for hydroxylation is 2. The third kappa shape index (κ3) is 8.49. The second kappa shape index (κ2) is 18.0. The Labute approximate surface area is 366 Å². The lowest BCUT2D eigenvalue weighted by atomic mass is 10.1. The van der Waals surface area contributed by atoms with Crippen LogP contribution in [0.15, 0.2) is 243 Å². The van der Waals surface area contributed by atoms with Gasteiger partial charge >= 0.3 is 0 Å². The standard InChI is InChI=1S/C58H48N4/c1-4-46-26-28-50(29-27-46)59(47-18-8-5-9-19-47)51-30-32-52(33-31-51)60(53-34-38-55(39-35-53)61(48-20-10-6-11-21-48)57-24-14-16-44(2)42-57)54-36-40-56(41-37-54)62(49-22-12-7-13-23-49)58-25-15-17-45(3)43-58/h4-43H,1H2,2-3H3. The van der Waals surface area contributed by atoms with E-state index in [2.05, 4.69) is 277 Å². The molecule has 0 saturated carbocycles. The molecule has 4 nitrogen and oxygen atoms in total. The molecular weight excluding hydrogens is 753 g/mol. The Morgan fingerprint density at radius 2 is 0.484 bits per heavy atom. The van der Waals surface area contributed by atoms with E-state index >= 15 is 0 Å². The molecular formula is C58H48N4. The molecule has 0 aromatic heterocycles. The smallest absolute Gasteiger partial charge is 0.0464 e. The summed E-state index contributed by atoms with van der Waals surface area (Å²) in [6, 6.07) is 84.2. The van der Waals surface area contributed by atoms with Crippen LogP contribution in [0.3, 0.4) is 0 Å². The van der Waals surface area contributed by atoms with Crippen molar-refractivity contribution in [1.29, 1.82) is 0 Å². The zero-order chi connectivity index (χ0) is 42.3. The summed E-state index contributed by atoms with van der Waals surface area (Å²) in [4.78, 5) is 9.25. The highest BCUT2D eigenvalue weighted by atomic mass is 15.2. The number of para-hydroxylation sites is 3. The molecule has 9 rings (SSSR count). The quantitative estimate of drug-likeness (QED) is 0.115. The fourth-order valence-corrected chi connectivity index (χ4v) is 8.07. The van der Waals surface area contributed by atoms with Crippen molar-refractivity contribution >= 4 is 74.3 Å². The third-order valence-electron chi connectivity index (χ3n) is 11.0. The molecule has 0 atom stereocenters. The molecule has 4 heteroatoms. The van der Waals surface area contributed by atoms with Crippen LogP contribution in [0.2, 0.25) is 0 Å². The fourth-order valence-electron chi connectivity index (χ4n) is 8.07. The van der Waals surface area contributed by atoms with E-state index in [1.165, 1.54) is 11.1 Å². The van der Waals surface area contributed by atoms with Gasteiger partial charge in [0.15, 0.2) is 0 Å². The van der Waals surface area contributed by atoms with Gasteiger partial charge in [0, 0.05) is 68.2 Å². The summed E-state index contributed by atoms with van der Waals surface area (Å²) in [5, 5.41) is 0. The minimum atomic E-state index is 1.04. The van der Waals surface area contributed by atoms with E-state index in [-0.39, 0.29) is 0 Å². The molecule has 0 unspecified atom stereocenters. The van der Waals surface area contributed by atoms with Crippen LogP contribution >= 0.6 is 0 Å². The van der Waals surface area contributed by atoms with Crippen molar-refractivity contribution in [3.63, 3.8) is 0 Å². The number of hydrogen-bond donors (Lipinski definition) is 0. The summed E-state index contributed by atoms with van der Waals surface area (Å²) >= 11 is 0. The van der Waals surface area contributed by atoms with Gasteiger partial charge in [0.05, 0.1) is 0 Å². The minimum Gasteiger partial charge on any atom is -0.311 e. The van der Waals surface area contributed by atoms with E-state index in [0.717, 1.165) is 73.8 Å². The Kier molecular flexibility index (Phi) is 11.5. The number of benzene rings is 9. The Hall–Kier alpha value is -8.08. The molecule has 300 valence electrons. The zero-order valence-corrected chi connectivity index (χ0v) is 35.1. The van der Waals surface area contributed by atoms with Crippen molar-refractivity contribution in [3.8, 4) is 0 Å². The maximum atomic E-state index is 3.96. The Balaban J connectivity index is 1.13. The van der Waals surface area contributed by atoms with Crippen LogP contribution in [0.4, 0.5) is 68.2 Å². The summed E-state index contributed by atoms with van der Waals surface area (Å²) in [6.45, 7) is 8.24. The number of anilines is 12. The molecule has 0 saturated heterocycles. The van der Waals surface area contributed by atoms with E-state index in [1.807, 2.05) is 6.08 Å². The molecule has 0 bridgehead atoms. The van der Waals surface area contributed by atoms with Crippen molar-refractivity contribution in [2.45, 2.75) is 13.8 Å². The lowest BCUT2D eigenvalue weighted by molar-refractivity contribution is 1.23. The maximum Gasteiger partial charge on any atom is 0.0464 e. The van der Waals surface area contributed by atoms with Gasteiger partial charge in [-0.05, 0) is 176 Å². The average molecular weight is 801 g/mol. The maximum absolute atomic E-state index is 3.96. The second-order valence-electron chi connectivity index (χ2n) is 15.4. The predicted octanol–water partition coefficient (Wildman–Crippen LogP) is 16.8. The van der Waals surface area contributed by atoms with Crippen LogP contribution in [-0.2, 0) is 0 Å². The van der Waals surface area contributed by atoms with Gasteiger partial charge in [0.2, 0.25) is 0 Å². The van der Waals surface area contributed by atoms with E-state index in [1.54, 1.807) is 0 Å². The van der Waals surface area contributed by atoms with E-state index in [9.17, 15) is 0 Å². The molecule has 0 fully saturated rings. The lowest BCUT2D eigenvalue weighted by Gasteiger charge is -2.30. The zero-order valence-electron chi connectivity index (χ0n) is 35.1. The van der Waals surface area contributed by atoms with Gasteiger partial charge in [-0.2, -0.15) is 0 Å². The molecule has 0 aliphatic rings. The molecule has 62 heavy (non-hydrogen) atoms. The van der Waals surface area contributed by atoms with Crippen molar-refractivity contribution in [2.24, 2.45) is 0 Å². The van der Waals surface area contributed by atoms with Crippen LogP contribution in [0, 0.1) is 13.8 Å². The predicted molar refractivity (Wildman–Crippen MR) is 265 cm³/mol. The molecule has 0 heterocycles. The summed E-state index contributed by atoms with van der Waals surface area (Å²) in [5.41, 5.74) is 16.5. The largest absolute Gasteiger partial charge is 0.311 e. The first-order chi connectivity index (χ1) is 30.5. The van der Waals surface area contributed by atoms with E-state index < -0.39 is 0 Å². The monoisotopic (exact) mass is 800 g/mol. The topological polar surface area (TPSA) is 13.0 Å². The van der Waals surface area contributed by atoms with Crippen LogP contribution in [0.25, 0.3) is 6.08 Å². The minimum absolute atomic E-state index is 1.04. The molecule has 0 radical (unpaired) electrons. The highest BCUT2D eigenvalue weighted by molar-refractivity contribution is 5.85. The highest BCUT2D eigenvalue weighted by Crippen LogP contribution is 2.43. The number of rotatable bonds is 13. The fraction of sp³-hybridized carbons (Fsp3) is 0.0345. The van der Waals surface area contributed by atoms with Crippen LogP contribution in [0.5, 0.6) is 0 Å². The van der Waals surface area contributed by atoms with Crippen molar-refractivity contribution < 1.29 is 0 Å². The Bertz CT molecular complexity index is 2720. The normalized spacial score (nSPS) is 10.8. The first-order valence-electron chi connectivity index (χ1n) is 21.0. The van der Waals surface area contributed by atoms with Gasteiger partial charge < -0.3 is 19.6 Å². The first kappa shape index (κ1) is 39.4. The summed E-state index contributed by atoms with van der Waals surface area (Å²) < 4.78 is 0. The van der Waals surface area contributed by atoms with E-state index in [4.69, 9.17) is 0 Å². The Morgan fingerprint density at radius 1 is 0.258 bits per heavy atom. The van der Waals surface area contributed by atoms with Gasteiger partial charge in [-0.25, -0.2) is 0 Å². The molecule has 0 aliphatic carbocycles. The third-order valence-corrected chi connectivity index (χ3v) is 11.0. The van der Waals surface area contributed by atoms with Crippen LogP contribution in [-0.4, -0.2) is 0 Å². The van der Waals surface area contributed by atoms with Gasteiger partial charge in [-0.3, -0.25) is 0 Å².